The molecule has 2 aromatic rings. The number of amides is 1. The van der Waals surface area contributed by atoms with Crippen LogP contribution in [0.2, 0.25) is 0 Å². The van der Waals surface area contributed by atoms with Gasteiger partial charge in [-0.25, -0.2) is 0 Å². The third-order valence-electron chi connectivity index (χ3n) is 4.52. The molecule has 1 saturated heterocycles. The van der Waals surface area contributed by atoms with Crippen molar-refractivity contribution in [1.82, 2.24) is 20.0 Å². The predicted molar refractivity (Wildman–Crippen MR) is 87.9 cm³/mol. The van der Waals surface area contributed by atoms with Crippen LogP contribution in [-0.2, 0) is 7.05 Å². The molecule has 0 bridgehead atoms. The van der Waals surface area contributed by atoms with Crippen molar-refractivity contribution in [3.63, 3.8) is 0 Å². The lowest BCUT2D eigenvalue weighted by atomic mass is 10.1. The third-order valence-corrected chi connectivity index (χ3v) is 4.52. The first kappa shape index (κ1) is 15.0. The van der Waals surface area contributed by atoms with Crippen LogP contribution in [0.25, 0.3) is 10.9 Å². The van der Waals surface area contributed by atoms with Crippen LogP contribution in [0.15, 0.2) is 24.3 Å². The van der Waals surface area contributed by atoms with E-state index in [1.165, 1.54) is 0 Å². The second-order valence-corrected chi connectivity index (χ2v) is 6.24. The molecule has 0 saturated carbocycles. The summed E-state index contributed by atoms with van der Waals surface area (Å²) in [5, 5.41) is 8.93. The number of carbonyl (C=O) groups is 1. The van der Waals surface area contributed by atoms with E-state index < -0.39 is 0 Å². The molecule has 3 rings (SSSR count). The molecule has 22 heavy (non-hydrogen) atoms. The van der Waals surface area contributed by atoms with Crippen LogP contribution in [-0.4, -0.2) is 46.3 Å². The van der Waals surface area contributed by atoms with Gasteiger partial charge in [0.1, 0.15) is 0 Å². The van der Waals surface area contributed by atoms with Crippen molar-refractivity contribution in [3.8, 4) is 0 Å². The Morgan fingerprint density at radius 2 is 2.14 bits per heavy atom. The van der Waals surface area contributed by atoms with Crippen molar-refractivity contribution < 1.29 is 4.79 Å². The number of aromatic nitrogens is 2. The highest BCUT2D eigenvalue weighted by molar-refractivity contribution is 6.04. The predicted octanol–water partition coefficient (Wildman–Crippen LogP) is 2.03. The lowest BCUT2D eigenvalue weighted by Gasteiger charge is -2.16. The maximum absolute atomic E-state index is 12.9. The summed E-state index contributed by atoms with van der Waals surface area (Å²) in [6.45, 7) is 6.94. The van der Waals surface area contributed by atoms with Gasteiger partial charge in [0.25, 0.3) is 5.91 Å². The van der Waals surface area contributed by atoms with Gasteiger partial charge in [-0.1, -0.05) is 32.0 Å². The molecule has 1 aliphatic rings. The van der Waals surface area contributed by atoms with E-state index in [4.69, 9.17) is 0 Å². The molecule has 1 aromatic carbocycles. The van der Waals surface area contributed by atoms with E-state index in [0.29, 0.717) is 17.7 Å². The molecule has 1 N–H and O–H groups in total. The second kappa shape index (κ2) is 6.08. The molecule has 118 valence electrons. The monoisotopic (exact) mass is 300 g/mol. The van der Waals surface area contributed by atoms with Gasteiger partial charge in [-0.05, 0) is 24.9 Å². The Bertz CT molecular complexity index is 678. The zero-order valence-corrected chi connectivity index (χ0v) is 13.5. The van der Waals surface area contributed by atoms with Gasteiger partial charge in [0.2, 0.25) is 0 Å². The molecule has 1 amide bonds. The molecule has 1 aromatic heterocycles. The molecule has 1 fully saturated rings. The average molecular weight is 300 g/mol. The molecule has 1 aliphatic heterocycles. The summed E-state index contributed by atoms with van der Waals surface area (Å²) in [4.78, 5) is 14.8. The average Bonchev–Trinajstić information content (AvgIpc) is 3.06. The molecular weight excluding hydrogens is 276 g/mol. The van der Waals surface area contributed by atoms with Gasteiger partial charge in [-0.2, -0.15) is 5.10 Å². The van der Waals surface area contributed by atoms with Gasteiger partial charge >= 0.3 is 0 Å². The molecule has 2 unspecified atom stereocenters. The van der Waals surface area contributed by atoms with Gasteiger partial charge in [-0.3, -0.25) is 9.48 Å². The highest BCUT2D eigenvalue weighted by atomic mass is 16.2. The fraction of sp³-hybridized carbons (Fsp3) is 0.529. The van der Waals surface area contributed by atoms with Crippen molar-refractivity contribution in [3.05, 3.63) is 30.0 Å². The van der Waals surface area contributed by atoms with Crippen LogP contribution in [0.3, 0.4) is 0 Å². The Labute approximate surface area is 131 Å². The van der Waals surface area contributed by atoms with Crippen molar-refractivity contribution in [2.75, 3.05) is 19.6 Å². The van der Waals surface area contributed by atoms with Crippen LogP contribution in [0.5, 0.6) is 0 Å². The first-order chi connectivity index (χ1) is 10.6. The van der Waals surface area contributed by atoms with Gasteiger partial charge in [0, 0.05) is 31.6 Å². The van der Waals surface area contributed by atoms with Crippen molar-refractivity contribution in [2.45, 2.75) is 26.3 Å². The first-order valence-electron chi connectivity index (χ1n) is 8.06. The number of fused-ring (bicyclic) bond motifs is 1. The molecule has 0 radical (unpaired) electrons. The number of nitrogens with one attached hydrogen (secondary N) is 1. The zero-order chi connectivity index (χ0) is 15.7. The highest BCUT2D eigenvalue weighted by Gasteiger charge is 2.33. The molecule has 2 heterocycles. The van der Waals surface area contributed by atoms with Crippen LogP contribution < -0.4 is 5.32 Å². The minimum atomic E-state index is 0.0458. The lowest BCUT2D eigenvalue weighted by Crippen LogP contribution is -2.37. The van der Waals surface area contributed by atoms with Crippen molar-refractivity contribution in [1.29, 1.82) is 0 Å². The Kier molecular flexibility index (Phi) is 4.16. The fourth-order valence-corrected chi connectivity index (χ4v) is 3.25. The summed E-state index contributed by atoms with van der Waals surface area (Å²) < 4.78 is 1.79. The largest absolute Gasteiger partial charge is 0.335 e. The normalized spacial score (nSPS) is 21.7. The maximum Gasteiger partial charge on any atom is 0.275 e. The van der Waals surface area contributed by atoms with Gasteiger partial charge < -0.3 is 10.2 Å². The number of benzene rings is 1. The number of rotatable bonds is 4. The van der Waals surface area contributed by atoms with E-state index in [9.17, 15) is 4.79 Å². The summed E-state index contributed by atoms with van der Waals surface area (Å²) >= 11 is 0. The van der Waals surface area contributed by atoms with E-state index in [1.807, 2.05) is 36.2 Å². The standard InChI is InChI=1S/C17H24N4O/c1-4-9-18-14-11-21(10-12(14)2)17(22)16-13-7-5-6-8-15(13)20(3)19-16/h5-8,12,14,18H,4,9-11H2,1-3H3. The van der Waals surface area contributed by atoms with Crippen LogP contribution >= 0.6 is 0 Å². The zero-order valence-electron chi connectivity index (χ0n) is 13.5. The van der Waals surface area contributed by atoms with Gasteiger partial charge in [0.15, 0.2) is 5.69 Å². The Balaban J connectivity index is 1.82. The van der Waals surface area contributed by atoms with E-state index in [-0.39, 0.29) is 5.91 Å². The SMILES string of the molecule is CCCNC1CN(C(=O)c2nn(C)c3ccccc23)CC1C. The van der Waals surface area contributed by atoms with E-state index in [1.54, 1.807) is 4.68 Å². The van der Waals surface area contributed by atoms with E-state index >= 15 is 0 Å². The Morgan fingerprint density at radius 3 is 2.91 bits per heavy atom. The Morgan fingerprint density at radius 1 is 1.36 bits per heavy atom. The van der Waals surface area contributed by atoms with Crippen LogP contribution in [0, 0.1) is 5.92 Å². The molecule has 5 heteroatoms. The summed E-state index contributed by atoms with van der Waals surface area (Å²) in [6, 6.07) is 8.29. The molecular formula is C17H24N4O. The van der Waals surface area contributed by atoms with Crippen LogP contribution in [0.4, 0.5) is 0 Å². The highest BCUT2D eigenvalue weighted by Crippen LogP contribution is 2.23. The molecule has 0 aliphatic carbocycles. The number of nitrogens with zero attached hydrogens (tertiary/aromatic N) is 3. The number of hydrogen-bond acceptors (Lipinski definition) is 3. The third kappa shape index (κ3) is 2.61. The van der Waals surface area contributed by atoms with Gasteiger partial charge in [0.05, 0.1) is 5.52 Å². The van der Waals surface area contributed by atoms with Crippen LogP contribution in [0.1, 0.15) is 30.8 Å². The van der Waals surface area contributed by atoms with Gasteiger partial charge in [-0.15, -0.1) is 0 Å². The first-order valence-corrected chi connectivity index (χ1v) is 8.06. The summed E-state index contributed by atoms with van der Waals surface area (Å²) in [5.41, 5.74) is 1.57. The minimum absolute atomic E-state index is 0.0458. The number of carbonyl (C=O) groups excluding carboxylic acids is 1. The maximum atomic E-state index is 12.9. The number of aryl methyl sites for hydroxylation is 1. The summed E-state index contributed by atoms with van der Waals surface area (Å²) in [5.74, 6) is 0.523. The number of hydrogen-bond donors (Lipinski definition) is 1. The molecule has 0 spiro atoms. The number of para-hydroxylation sites is 1. The smallest absolute Gasteiger partial charge is 0.275 e. The fourth-order valence-electron chi connectivity index (χ4n) is 3.25. The van der Waals surface area contributed by atoms with Crippen molar-refractivity contribution in [2.24, 2.45) is 13.0 Å². The quantitative estimate of drug-likeness (QED) is 0.940. The lowest BCUT2D eigenvalue weighted by molar-refractivity contribution is 0.0781. The topological polar surface area (TPSA) is 50.2 Å². The molecule has 2 atom stereocenters. The van der Waals surface area contributed by atoms with Crippen molar-refractivity contribution >= 4 is 16.8 Å². The molecule has 5 nitrogen and oxygen atoms in total. The minimum Gasteiger partial charge on any atom is -0.335 e. The Hall–Kier alpha value is -1.88. The number of likely N-dealkylation sites (tertiary alicyclic amines) is 1. The van der Waals surface area contributed by atoms with E-state index in [2.05, 4.69) is 24.3 Å². The summed E-state index contributed by atoms with van der Waals surface area (Å²) in [6.07, 6.45) is 1.11. The summed E-state index contributed by atoms with van der Waals surface area (Å²) in [7, 11) is 1.89. The van der Waals surface area contributed by atoms with E-state index in [0.717, 1.165) is 37.0 Å². The second-order valence-electron chi connectivity index (χ2n) is 6.24.